The lowest BCUT2D eigenvalue weighted by Crippen LogP contribution is -2.59. The van der Waals surface area contributed by atoms with Gasteiger partial charge in [-0.2, -0.15) is 0 Å². The van der Waals surface area contributed by atoms with Gasteiger partial charge in [-0.3, -0.25) is 83.1 Å². The summed E-state index contributed by atoms with van der Waals surface area (Å²) in [6.45, 7) is 2.54. The van der Waals surface area contributed by atoms with Gasteiger partial charge in [0.25, 0.3) is 17.7 Å². The van der Waals surface area contributed by atoms with Gasteiger partial charge in [0.1, 0.15) is 29.6 Å². The molecule has 5 heterocycles. The van der Waals surface area contributed by atoms with Gasteiger partial charge in [-0.25, -0.2) is 38.7 Å². The van der Waals surface area contributed by atoms with Crippen molar-refractivity contribution in [2.24, 2.45) is 0 Å². The molecule has 5 fully saturated rings. The molecule has 0 radical (unpaired) electrons. The second-order valence-corrected chi connectivity index (χ2v) is 30.8. The molecule has 0 aromatic heterocycles. The molecule has 13 aromatic rings. The minimum absolute atomic E-state index is 0.110. The van der Waals surface area contributed by atoms with Crippen LogP contribution in [0, 0.1) is 6.92 Å². The first kappa shape index (κ1) is 89.5. The van der Waals surface area contributed by atoms with Crippen LogP contribution in [0.4, 0.5) is 41.0 Å². The molecular weight excluding hydrogens is 1660 g/mol. The van der Waals surface area contributed by atoms with E-state index in [0.717, 1.165) is 62.8 Å². The number of aryl methyl sites for hydroxylation is 1. The smallest absolute Gasteiger partial charge is 0.277 e. The number of amides is 20. The molecule has 0 aliphatic carbocycles. The maximum absolute atomic E-state index is 13.2. The quantitative estimate of drug-likeness (QED) is 0.0754. The standard InChI is InChI=1S/C24H20N2O3.C23H18N2O3.C22H16N2O3.C18H16N2O3.C17H13ClN2O3/c27-22-21(20-14-8-3-9-15-20)23(28)26(17-19-12-6-2-7-13-19)24(29)25(22)16-18-10-4-1-5-11-18;26-21-20(18-12-6-2-7-13-18)22(27)25(19-14-8-3-9-15-19)23(28)24(21)16-17-10-4-1-5-11-17;25-20-19(16-10-4-1-5-11-16)21(26)24(18-14-8-3-9-15-18)22(27)23(20)17-12-6-2-7-13-17;1-12-7-9-14(10-8-12)15-16(21)19-18(23)20(17(15)22)11-13-5-3-2-4-6-13;18-13-8-6-12(7-9-13)14-15(21)19-17(23)20(16(14)22)10-11-4-2-1-3-5-11/h1-15,21H,16-17H2;1-15,20H,16H2;1-15,19H;2-10,15H,11H2,1H3,(H,19,21,23);1-9,14H,10H2,(H,19,21,23). The second-order valence-electron chi connectivity index (χ2n) is 30.4. The number of carbonyl (C=O) groups is 15. The molecule has 5 aliphatic rings. The molecule has 130 heavy (non-hydrogen) atoms. The van der Waals surface area contributed by atoms with Crippen LogP contribution in [0.3, 0.4) is 0 Å². The van der Waals surface area contributed by atoms with Crippen molar-refractivity contribution >= 4 is 118 Å². The number of nitrogens with one attached hydrogen (secondary N) is 2. The highest BCUT2D eigenvalue weighted by Crippen LogP contribution is 2.37. The fraction of sp³-hybridized carbons (Fsp3) is 0.106. The molecule has 25 nitrogen and oxygen atoms in total. The van der Waals surface area contributed by atoms with Crippen molar-refractivity contribution in [2.75, 3.05) is 14.7 Å². The lowest BCUT2D eigenvalue weighted by molar-refractivity contribution is -0.146. The molecule has 0 bridgehead atoms. The predicted molar refractivity (Wildman–Crippen MR) is 486 cm³/mol. The summed E-state index contributed by atoms with van der Waals surface area (Å²) in [4.78, 5) is 201. The molecule has 0 saturated carbocycles. The van der Waals surface area contributed by atoms with Crippen LogP contribution in [0.15, 0.2) is 382 Å². The number of barbiturate groups is 5. The monoisotopic (exact) mass is 1750 g/mol. The molecule has 2 N–H and O–H groups in total. The van der Waals surface area contributed by atoms with E-state index >= 15 is 0 Å². The Balaban J connectivity index is 0.000000131. The molecule has 18 rings (SSSR count). The Bertz CT molecular complexity index is 5900. The molecule has 3 unspecified atom stereocenters. The summed E-state index contributed by atoms with van der Waals surface area (Å²) in [5.41, 5.74) is 9.27. The van der Waals surface area contributed by atoms with Crippen LogP contribution in [-0.4, -0.2) is 114 Å². The molecular formula is C104H83ClN10O15. The Hall–Kier alpha value is -16.8. The van der Waals surface area contributed by atoms with Crippen LogP contribution >= 0.6 is 11.6 Å². The van der Waals surface area contributed by atoms with Gasteiger partial charge in [-0.15, -0.1) is 0 Å². The highest BCUT2D eigenvalue weighted by atomic mass is 35.5. The van der Waals surface area contributed by atoms with Crippen molar-refractivity contribution < 1.29 is 71.9 Å². The molecule has 26 heteroatoms. The number of rotatable bonds is 18. The number of halogens is 1. The number of benzene rings is 13. The van der Waals surface area contributed by atoms with Crippen LogP contribution in [0.2, 0.25) is 5.02 Å². The zero-order valence-electron chi connectivity index (χ0n) is 69.9. The van der Waals surface area contributed by atoms with E-state index in [1.54, 1.807) is 194 Å². The molecule has 646 valence electrons. The fourth-order valence-electron chi connectivity index (χ4n) is 15.1. The molecule has 0 spiro atoms. The first-order valence-corrected chi connectivity index (χ1v) is 41.7. The Kier molecular flexibility index (Phi) is 28.8. The first-order valence-electron chi connectivity index (χ1n) is 41.3. The third-order valence-corrected chi connectivity index (χ3v) is 21.9. The molecule has 5 aliphatic heterocycles. The van der Waals surface area contributed by atoms with E-state index in [0.29, 0.717) is 49.9 Å². The van der Waals surface area contributed by atoms with Gasteiger partial charge >= 0.3 is 30.2 Å². The van der Waals surface area contributed by atoms with Crippen molar-refractivity contribution in [3.8, 4) is 0 Å². The maximum Gasteiger partial charge on any atom is 0.342 e. The van der Waals surface area contributed by atoms with E-state index in [-0.39, 0.29) is 32.7 Å². The topological polar surface area (TPSA) is 306 Å². The molecule has 3 atom stereocenters. The normalized spacial score (nSPS) is 16.6. The SMILES string of the molecule is Cc1ccc(C2C(=O)NC(=O)N(Cc3ccccc3)C2=O)cc1.O=C1C(c2ccccc2)C(=O)N(Cc2ccccc2)C(=O)N1Cc1ccccc1.O=C1C(c2ccccc2)C(=O)N(c2ccccc2)C(=O)N1Cc1ccccc1.O=C1C(c2ccccc2)C(=O)N(c2ccccc2)C(=O)N1c1ccccc1.O=C1NC(=O)N(Cc2ccccc2)C(=O)C1c1ccc(Cl)cc1. The number of nitrogens with zero attached hydrogens (tertiary/aromatic N) is 8. The molecule has 13 aromatic carbocycles. The minimum atomic E-state index is -1.08. The van der Waals surface area contributed by atoms with Crippen molar-refractivity contribution in [2.45, 2.75) is 69.2 Å². The van der Waals surface area contributed by atoms with E-state index in [1.807, 2.05) is 195 Å². The van der Waals surface area contributed by atoms with Crippen LogP contribution < -0.4 is 25.3 Å². The number of hydrogen-bond donors (Lipinski definition) is 2. The third kappa shape index (κ3) is 20.7. The summed E-state index contributed by atoms with van der Waals surface area (Å²) in [6.07, 6.45) is 0. The first-order chi connectivity index (χ1) is 63.1. The van der Waals surface area contributed by atoms with Crippen LogP contribution in [0.25, 0.3) is 0 Å². The van der Waals surface area contributed by atoms with Gasteiger partial charge in [-0.1, -0.05) is 351 Å². The molecule has 20 amide bonds. The van der Waals surface area contributed by atoms with E-state index in [9.17, 15) is 71.9 Å². The number of urea groups is 5. The third-order valence-electron chi connectivity index (χ3n) is 21.7. The van der Waals surface area contributed by atoms with E-state index < -0.39 is 119 Å². The average Bonchev–Trinajstić information content (AvgIpc) is 0.751. The Morgan fingerprint density at radius 3 is 0.708 bits per heavy atom. The predicted octanol–water partition coefficient (Wildman–Crippen LogP) is 17.0. The van der Waals surface area contributed by atoms with Gasteiger partial charge in [0, 0.05) is 5.02 Å². The van der Waals surface area contributed by atoms with Gasteiger partial charge in [0.05, 0.1) is 49.8 Å². The number of hydrogen-bond acceptors (Lipinski definition) is 15. The Morgan fingerprint density at radius 1 is 0.215 bits per heavy atom. The van der Waals surface area contributed by atoms with Crippen molar-refractivity contribution in [3.63, 3.8) is 0 Å². The lowest BCUT2D eigenvalue weighted by Gasteiger charge is -2.37. The van der Waals surface area contributed by atoms with Crippen LogP contribution in [0.1, 0.15) is 90.8 Å². The second kappa shape index (κ2) is 41.8. The van der Waals surface area contributed by atoms with Crippen molar-refractivity contribution in [1.29, 1.82) is 0 Å². The summed E-state index contributed by atoms with van der Waals surface area (Å²) >= 11 is 5.83. The fourth-order valence-corrected chi connectivity index (χ4v) is 15.3. The summed E-state index contributed by atoms with van der Waals surface area (Å²) in [5, 5.41) is 5.02. The number of para-hydroxylation sites is 3. The summed E-state index contributed by atoms with van der Waals surface area (Å²) in [7, 11) is 0. The number of carbonyl (C=O) groups excluding carboxylic acids is 15. The van der Waals surface area contributed by atoms with Crippen LogP contribution in [-0.2, 0) is 80.7 Å². The number of anilines is 3. The molecule has 5 saturated heterocycles. The van der Waals surface area contributed by atoms with Gasteiger partial charge in [0.2, 0.25) is 41.4 Å². The zero-order chi connectivity index (χ0) is 91.3. The maximum atomic E-state index is 13.2. The van der Waals surface area contributed by atoms with E-state index in [2.05, 4.69) is 10.6 Å². The van der Waals surface area contributed by atoms with Gasteiger partial charge < -0.3 is 0 Å². The van der Waals surface area contributed by atoms with Crippen molar-refractivity contribution in [1.82, 2.24) is 35.1 Å². The summed E-state index contributed by atoms with van der Waals surface area (Å²) in [6, 6.07) is 109. The zero-order valence-corrected chi connectivity index (χ0v) is 70.6. The number of imide groups is 10. The van der Waals surface area contributed by atoms with Gasteiger partial charge in [0.15, 0.2) is 0 Å². The van der Waals surface area contributed by atoms with E-state index in [1.165, 1.54) is 9.80 Å². The minimum Gasteiger partial charge on any atom is -0.277 e. The van der Waals surface area contributed by atoms with Crippen molar-refractivity contribution in [3.05, 3.63) is 448 Å². The Morgan fingerprint density at radius 2 is 0.423 bits per heavy atom. The highest BCUT2D eigenvalue weighted by Gasteiger charge is 2.51. The van der Waals surface area contributed by atoms with E-state index in [4.69, 9.17) is 11.6 Å². The Labute approximate surface area is 753 Å². The average molecular weight is 1750 g/mol. The lowest BCUT2D eigenvalue weighted by atomic mass is 9.93. The van der Waals surface area contributed by atoms with Gasteiger partial charge in [-0.05, 0) is 111 Å². The largest absolute Gasteiger partial charge is 0.342 e. The van der Waals surface area contributed by atoms with Crippen LogP contribution in [0.5, 0.6) is 0 Å². The summed E-state index contributed by atoms with van der Waals surface area (Å²) < 4.78 is 0. The highest BCUT2D eigenvalue weighted by molar-refractivity contribution is 6.38. The summed E-state index contributed by atoms with van der Waals surface area (Å²) in [5.74, 6) is -10.5.